The van der Waals surface area contributed by atoms with Crippen molar-refractivity contribution in [3.05, 3.63) is 24.3 Å². The summed E-state index contributed by atoms with van der Waals surface area (Å²) in [5.74, 6) is -0.185. The summed E-state index contributed by atoms with van der Waals surface area (Å²) in [7, 11) is 1.56. The molecule has 0 aliphatic carbocycles. The van der Waals surface area contributed by atoms with Gasteiger partial charge in [-0.2, -0.15) is 0 Å². The number of nitrogens with one attached hydrogen (secondary N) is 1. The molecule has 3 unspecified atom stereocenters. The molecule has 1 amide bonds. The van der Waals surface area contributed by atoms with Gasteiger partial charge in [0.15, 0.2) is 0 Å². The zero-order valence-corrected chi connectivity index (χ0v) is 47.0. The third kappa shape index (κ3) is 52.8. The first kappa shape index (κ1) is 67.0. The van der Waals surface area contributed by atoms with Gasteiger partial charge in [-0.1, -0.05) is 289 Å². The Labute approximate surface area is 424 Å². The molecule has 0 fully saturated rings. The van der Waals surface area contributed by atoms with Crippen LogP contribution < -0.4 is 5.32 Å². The molecule has 0 aliphatic heterocycles. The number of phosphoric ester groups is 1. The summed E-state index contributed by atoms with van der Waals surface area (Å²) in [5, 5.41) is 13.8. The second-order valence-corrected chi connectivity index (χ2v) is 23.2. The van der Waals surface area contributed by atoms with E-state index >= 15 is 0 Å². The molecule has 0 saturated heterocycles. The van der Waals surface area contributed by atoms with Gasteiger partial charge in [0.1, 0.15) is 13.2 Å². The van der Waals surface area contributed by atoms with E-state index in [1.165, 1.54) is 238 Å². The molecule has 0 spiro atoms. The smallest absolute Gasteiger partial charge is 0.387 e. The molecule has 8 nitrogen and oxygen atoms in total. The molecule has 0 aromatic rings. The number of quaternary nitrogens is 1. The van der Waals surface area contributed by atoms with E-state index in [1.807, 2.05) is 27.2 Å². The summed E-state index contributed by atoms with van der Waals surface area (Å²) in [5.41, 5.74) is 0. The molecule has 404 valence electrons. The standard InChI is InChI=1S/C59H117N2O6P/c1-6-8-10-12-14-16-17-18-19-20-21-22-23-24-25-26-27-28-29-30-31-32-33-34-35-36-37-38-39-40-41-42-43-44-45-47-49-51-53-59(63)60-57(56-67-68(64,65)66-55-54-61(3,4)5)58(62)52-50-48-46-15-13-11-9-7-2/h13,15,50,52,57-58,62H,6-12,14,16-49,51,53-56H2,1-5H3,(H-,60,63,64,65)/p+1/b15-13+,52-50+. The summed E-state index contributed by atoms with van der Waals surface area (Å²) >= 11 is 0. The van der Waals surface area contributed by atoms with Crippen LogP contribution in [0, 0.1) is 0 Å². The summed E-state index contributed by atoms with van der Waals surface area (Å²) in [6, 6.07) is -0.857. The Morgan fingerprint density at radius 3 is 1.16 bits per heavy atom. The largest absolute Gasteiger partial charge is 0.472 e. The van der Waals surface area contributed by atoms with Crippen LogP contribution in [0.15, 0.2) is 24.3 Å². The lowest BCUT2D eigenvalue weighted by Crippen LogP contribution is -2.45. The average Bonchev–Trinajstić information content (AvgIpc) is 3.30. The fraction of sp³-hybridized carbons (Fsp3) is 0.915. The molecule has 3 atom stereocenters. The Balaban J connectivity index is 3.74. The number of likely N-dealkylation sites (N-methyl/N-ethyl adjacent to an activating group) is 1. The van der Waals surface area contributed by atoms with E-state index in [2.05, 4.69) is 31.3 Å². The molecule has 0 aromatic carbocycles. The van der Waals surface area contributed by atoms with Crippen LogP contribution in [-0.4, -0.2) is 73.4 Å². The Morgan fingerprint density at radius 2 is 0.809 bits per heavy atom. The number of aliphatic hydroxyl groups is 1. The number of aliphatic hydroxyl groups excluding tert-OH is 1. The van der Waals surface area contributed by atoms with Crippen molar-refractivity contribution in [3.8, 4) is 0 Å². The minimum Gasteiger partial charge on any atom is -0.387 e. The van der Waals surface area contributed by atoms with Crippen LogP contribution in [-0.2, 0) is 18.4 Å². The molecule has 0 radical (unpaired) electrons. The number of rotatable bonds is 55. The number of hydrogen-bond donors (Lipinski definition) is 3. The SMILES string of the molecule is CCCC/C=C/CC/C=C/C(O)C(COP(=O)(O)OCC[N+](C)(C)C)NC(=O)CCCCCCCCCCCCCCCCCCCCCCCCCCCCCCCCCCCCCCCC. The Morgan fingerprint density at radius 1 is 0.485 bits per heavy atom. The number of amides is 1. The van der Waals surface area contributed by atoms with Crippen LogP contribution in [0.1, 0.15) is 296 Å². The van der Waals surface area contributed by atoms with Crippen LogP contribution in [0.4, 0.5) is 0 Å². The van der Waals surface area contributed by atoms with E-state index in [1.54, 1.807) is 6.08 Å². The van der Waals surface area contributed by atoms with Crippen molar-refractivity contribution >= 4 is 13.7 Å². The Hall–Kier alpha value is -1.02. The second-order valence-electron chi connectivity index (χ2n) is 21.7. The van der Waals surface area contributed by atoms with Crippen molar-refractivity contribution < 1.29 is 32.9 Å². The van der Waals surface area contributed by atoms with Gasteiger partial charge in [-0.25, -0.2) is 4.57 Å². The zero-order valence-electron chi connectivity index (χ0n) is 46.1. The second kappa shape index (κ2) is 50.9. The Bertz CT molecular complexity index is 1160. The van der Waals surface area contributed by atoms with Crippen molar-refractivity contribution in [3.63, 3.8) is 0 Å². The van der Waals surface area contributed by atoms with Crippen LogP contribution in [0.5, 0.6) is 0 Å². The van der Waals surface area contributed by atoms with Crippen LogP contribution in [0.3, 0.4) is 0 Å². The molecule has 0 aliphatic rings. The maximum Gasteiger partial charge on any atom is 0.472 e. The fourth-order valence-corrected chi connectivity index (χ4v) is 9.72. The minimum absolute atomic E-state index is 0.0579. The fourth-order valence-electron chi connectivity index (χ4n) is 8.99. The molecule has 3 N–H and O–H groups in total. The van der Waals surface area contributed by atoms with Gasteiger partial charge < -0.3 is 19.8 Å². The normalized spacial score (nSPS) is 14.0. The number of carbonyl (C=O) groups is 1. The highest BCUT2D eigenvalue weighted by Gasteiger charge is 2.27. The first-order valence-corrected chi connectivity index (χ1v) is 31.2. The average molecular weight is 983 g/mol. The van der Waals surface area contributed by atoms with Gasteiger partial charge in [-0.15, -0.1) is 0 Å². The number of hydrogen-bond acceptors (Lipinski definition) is 5. The monoisotopic (exact) mass is 982 g/mol. The molecule has 0 heterocycles. The van der Waals surface area contributed by atoms with Crippen molar-refractivity contribution in [2.45, 2.75) is 309 Å². The molecule has 0 rings (SSSR count). The van der Waals surface area contributed by atoms with Gasteiger partial charge >= 0.3 is 7.82 Å². The van der Waals surface area contributed by atoms with Gasteiger partial charge in [0.05, 0.1) is 39.9 Å². The number of carbonyl (C=O) groups excluding carboxylic acids is 1. The van der Waals surface area contributed by atoms with Crippen LogP contribution in [0.2, 0.25) is 0 Å². The Kier molecular flexibility index (Phi) is 50.1. The highest BCUT2D eigenvalue weighted by molar-refractivity contribution is 7.47. The van der Waals surface area contributed by atoms with Gasteiger partial charge in [0.25, 0.3) is 0 Å². The van der Waals surface area contributed by atoms with E-state index in [0.717, 1.165) is 38.5 Å². The van der Waals surface area contributed by atoms with E-state index < -0.39 is 20.0 Å². The summed E-state index contributed by atoms with van der Waals surface area (Å²) in [6.45, 7) is 4.75. The number of phosphoric acid groups is 1. The first-order valence-electron chi connectivity index (χ1n) is 29.7. The quantitative estimate of drug-likeness (QED) is 0.0243. The molecule has 0 bridgehead atoms. The molecule has 0 saturated carbocycles. The zero-order chi connectivity index (χ0) is 49.9. The van der Waals surface area contributed by atoms with Gasteiger partial charge in [-0.3, -0.25) is 13.8 Å². The maximum absolute atomic E-state index is 12.9. The summed E-state index contributed by atoms with van der Waals surface area (Å²) < 4.78 is 23.5. The third-order valence-corrected chi connectivity index (χ3v) is 14.7. The van der Waals surface area contributed by atoms with Gasteiger partial charge in [-0.05, 0) is 25.7 Å². The van der Waals surface area contributed by atoms with Crippen molar-refractivity contribution in [1.29, 1.82) is 0 Å². The number of unbranched alkanes of at least 4 members (excludes halogenated alkanes) is 40. The van der Waals surface area contributed by atoms with Gasteiger partial charge in [0, 0.05) is 6.42 Å². The lowest BCUT2D eigenvalue weighted by atomic mass is 10.0. The predicted molar refractivity (Wildman–Crippen MR) is 295 cm³/mol. The van der Waals surface area contributed by atoms with Crippen molar-refractivity contribution in [2.75, 3.05) is 40.9 Å². The van der Waals surface area contributed by atoms with E-state index in [-0.39, 0.29) is 19.1 Å². The van der Waals surface area contributed by atoms with Crippen molar-refractivity contribution in [1.82, 2.24) is 5.32 Å². The number of allylic oxidation sites excluding steroid dienone is 3. The van der Waals surface area contributed by atoms with Gasteiger partial charge in [0.2, 0.25) is 5.91 Å². The third-order valence-electron chi connectivity index (χ3n) is 13.7. The lowest BCUT2D eigenvalue weighted by Gasteiger charge is -2.25. The summed E-state index contributed by atoms with van der Waals surface area (Å²) in [6.07, 6.45) is 65.0. The molecule has 0 aromatic heterocycles. The van der Waals surface area contributed by atoms with E-state index in [9.17, 15) is 19.4 Å². The highest BCUT2D eigenvalue weighted by atomic mass is 31.2. The topological polar surface area (TPSA) is 105 Å². The number of nitrogens with zero attached hydrogens (tertiary/aromatic N) is 1. The van der Waals surface area contributed by atoms with Crippen molar-refractivity contribution in [2.24, 2.45) is 0 Å². The van der Waals surface area contributed by atoms with E-state index in [4.69, 9.17) is 9.05 Å². The minimum atomic E-state index is -4.34. The first-order chi connectivity index (χ1) is 33.0. The maximum atomic E-state index is 12.9. The summed E-state index contributed by atoms with van der Waals surface area (Å²) in [4.78, 5) is 23.1. The molecular weight excluding hydrogens is 864 g/mol. The molecule has 68 heavy (non-hydrogen) atoms. The molecule has 9 heteroatoms. The molecular formula is C59H118N2O6P+. The van der Waals surface area contributed by atoms with Crippen LogP contribution >= 0.6 is 7.82 Å². The predicted octanol–water partition coefficient (Wildman–Crippen LogP) is 18.0. The van der Waals surface area contributed by atoms with Crippen LogP contribution in [0.25, 0.3) is 0 Å². The highest BCUT2D eigenvalue weighted by Crippen LogP contribution is 2.43. The van der Waals surface area contributed by atoms with E-state index in [0.29, 0.717) is 17.4 Å². The lowest BCUT2D eigenvalue weighted by molar-refractivity contribution is -0.870.